The van der Waals surface area contributed by atoms with Crippen molar-refractivity contribution in [3.8, 4) is 6.07 Å². The number of hydrogen-bond donors (Lipinski definition) is 0. The largest absolute Gasteiger partial charge is 0.457 e. The minimum atomic E-state index is -3.76. The lowest BCUT2D eigenvalue weighted by Gasteiger charge is -2.14. The van der Waals surface area contributed by atoms with Crippen LogP contribution in [0, 0.1) is 11.3 Å². The van der Waals surface area contributed by atoms with Gasteiger partial charge in [-0.05, 0) is 42.0 Å². The van der Waals surface area contributed by atoms with Crippen molar-refractivity contribution in [1.29, 1.82) is 5.26 Å². The third kappa shape index (κ3) is 4.42. The predicted molar refractivity (Wildman–Crippen MR) is 88.7 cm³/mol. The van der Waals surface area contributed by atoms with Gasteiger partial charge in [-0.15, -0.1) is 0 Å². The van der Waals surface area contributed by atoms with E-state index in [-0.39, 0.29) is 17.1 Å². The van der Waals surface area contributed by atoms with Crippen molar-refractivity contribution in [2.45, 2.75) is 11.5 Å². The molecule has 0 unspecified atom stereocenters. The molecule has 0 N–H and O–H groups in total. The number of sulfonamides is 1. The first-order chi connectivity index (χ1) is 11.9. The number of ether oxygens (including phenoxy) is 1. The minimum absolute atomic E-state index is 0.000456. The Morgan fingerprint density at radius 1 is 1.12 bits per heavy atom. The highest BCUT2D eigenvalue weighted by atomic mass is 32.2. The molecule has 8 heteroatoms. The van der Waals surface area contributed by atoms with E-state index in [1.807, 2.05) is 6.07 Å². The number of rotatable bonds is 6. The van der Waals surface area contributed by atoms with Gasteiger partial charge in [-0.3, -0.25) is 4.84 Å². The second-order valence-corrected chi connectivity index (χ2v) is 6.94. The number of hydrogen-bond acceptors (Lipinski definition) is 6. The van der Waals surface area contributed by atoms with Crippen LogP contribution in [0.4, 0.5) is 0 Å². The first-order valence-corrected chi connectivity index (χ1v) is 8.61. The summed E-state index contributed by atoms with van der Waals surface area (Å²) in [5, 5.41) is 8.74. The molecule has 0 bridgehead atoms. The molecule has 0 aliphatic carbocycles. The summed E-state index contributed by atoms with van der Waals surface area (Å²) >= 11 is 0. The van der Waals surface area contributed by atoms with E-state index in [4.69, 9.17) is 10.00 Å². The molecule has 2 aromatic carbocycles. The van der Waals surface area contributed by atoms with E-state index in [9.17, 15) is 13.2 Å². The van der Waals surface area contributed by atoms with E-state index in [0.717, 1.165) is 10.0 Å². The molecule has 2 rings (SSSR count). The van der Waals surface area contributed by atoms with Crippen molar-refractivity contribution < 1.29 is 22.8 Å². The number of esters is 1. The van der Waals surface area contributed by atoms with Crippen molar-refractivity contribution in [1.82, 2.24) is 4.47 Å². The van der Waals surface area contributed by atoms with E-state index >= 15 is 0 Å². The lowest BCUT2D eigenvalue weighted by molar-refractivity contribution is -0.0258. The molecule has 0 saturated carbocycles. The number of nitriles is 1. The number of hydroxylamine groups is 1. The SMILES string of the molecule is CON(C)S(=O)(=O)c1ccc(C(=O)OCc2ccc(C#N)cc2)cc1. The molecule has 0 fully saturated rings. The molecule has 0 saturated heterocycles. The fourth-order valence-corrected chi connectivity index (χ4v) is 2.89. The summed E-state index contributed by atoms with van der Waals surface area (Å²) in [6, 6.07) is 14.0. The fraction of sp³-hybridized carbons (Fsp3) is 0.176. The maximum atomic E-state index is 12.1. The molecular weight excluding hydrogens is 344 g/mol. The molecular formula is C17H16N2O5S. The number of nitrogens with zero attached hydrogens (tertiary/aromatic N) is 2. The van der Waals surface area contributed by atoms with Gasteiger partial charge in [0.25, 0.3) is 10.0 Å². The van der Waals surface area contributed by atoms with Gasteiger partial charge in [0.15, 0.2) is 0 Å². The van der Waals surface area contributed by atoms with Crippen LogP contribution in [-0.4, -0.2) is 33.0 Å². The number of carbonyl (C=O) groups excluding carboxylic acids is 1. The summed E-state index contributed by atoms with van der Waals surface area (Å²) in [6.45, 7) is 0.0526. The van der Waals surface area contributed by atoms with Crippen LogP contribution < -0.4 is 0 Å². The summed E-state index contributed by atoms with van der Waals surface area (Å²) in [7, 11) is -1.25. The molecule has 130 valence electrons. The van der Waals surface area contributed by atoms with Crippen LogP contribution in [0.25, 0.3) is 0 Å². The maximum absolute atomic E-state index is 12.1. The third-order valence-corrected chi connectivity index (χ3v) is 5.13. The van der Waals surface area contributed by atoms with Crippen molar-refractivity contribution in [2.24, 2.45) is 0 Å². The smallest absolute Gasteiger partial charge is 0.338 e. The number of benzene rings is 2. The fourth-order valence-electron chi connectivity index (χ4n) is 1.92. The van der Waals surface area contributed by atoms with Crippen LogP contribution in [0.5, 0.6) is 0 Å². The van der Waals surface area contributed by atoms with E-state index in [1.54, 1.807) is 24.3 Å². The quantitative estimate of drug-likeness (QED) is 0.578. The molecule has 0 radical (unpaired) electrons. The Labute approximate surface area is 146 Å². The molecule has 0 spiro atoms. The second-order valence-electron chi connectivity index (χ2n) is 5.01. The van der Waals surface area contributed by atoms with Gasteiger partial charge >= 0.3 is 5.97 Å². The van der Waals surface area contributed by atoms with Crippen LogP contribution in [0.2, 0.25) is 0 Å². The Balaban J connectivity index is 2.04. The first kappa shape index (κ1) is 18.6. The summed E-state index contributed by atoms with van der Waals surface area (Å²) in [5.74, 6) is -0.576. The molecule has 0 atom stereocenters. The Morgan fingerprint density at radius 3 is 2.24 bits per heavy atom. The summed E-state index contributed by atoms with van der Waals surface area (Å²) in [4.78, 5) is 16.7. The van der Waals surface area contributed by atoms with E-state index in [0.29, 0.717) is 5.56 Å². The average Bonchev–Trinajstić information content (AvgIpc) is 2.65. The van der Waals surface area contributed by atoms with Crippen LogP contribution >= 0.6 is 0 Å². The Hall–Kier alpha value is -2.73. The number of carbonyl (C=O) groups is 1. The molecule has 0 aliphatic rings. The van der Waals surface area contributed by atoms with Crippen molar-refractivity contribution in [3.63, 3.8) is 0 Å². The summed E-state index contributed by atoms with van der Waals surface area (Å²) in [5.41, 5.74) is 1.49. The van der Waals surface area contributed by atoms with Crippen LogP contribution in [0.3, 0.4) is 0 Å². The van der Waals surface area contributed by atoms with Gasteiger partial charge in [0.05, 0.1) is 29.2 Å². The summed E-state index contributed by atoms with van der Waals surface area (Å²) in [6.07, 6.45) is 0. The Morgan fingerprint density at radius 2 is 1.72 bits per heavy atom. The molecule has 25 heavy (non-hydrogen) atoms. The molecule has 0 aromatic heterocycles. The van der Waals surface area contributed by atoms with Crippen LogP contribution in [-0.2, 0) is 26.2 Å². The zero-order valence-electron chi connectivity index (χ0n) is 13.7. The van der Waals surface area contributed by atoms with E-state index in [2.05, 4.69) is 4.84 Å². The highest BCUT2D eigenvalue weighted by Gasteiger charge is 2.21. The minimum Gasteiger partial charge on any atom is -0.457 e. The van der Waals surface area contributed by atoms with Gasteiger partial charge in [0, 0.05) is 7.05 Å². The van der Waals surface area contributed by atoms with E-state index < -0.39 is 16.0 Å². The highest BCUT2D eigenvalue weighted by molar-refractivity contribution is 7.89. The normalized spacial score (nSPS) is 11.1. The average molecular weight is 360 g/mol. The van der Waals surface area contributed by atoms with Crippen molar-refractivity contribution >= 4 is 16.0 Å². The van der Waals surface area contributed by atoms with Gasteiger partial charge in [0.1, 0.15) is 6.61 Å². The third-order valence-electron chi connectivity index (χ3n) is 3.44. The standard InChI is InChI=1S/C17H16N2O5S/c1-19(23-2)25(21,22)16-9-7-15(8-10-16)17(20)24-12-14-5-3-13(11-18)4-6-14/h3-10H,12H2,1-2H3. The molecule has 0 aliphatic heterocycles. The molecule has 0 amide bonds. The van der Waals surface area contributed by atoms with Gasteiger partial charge in [-0.1, -0.05) is 16.6 Å². The van der Waals surface area contributed by atoms with E-state index in [1.165, 1.54) is 38.4 Å². The van der Waals surface area contributed by atoms with Crippen molar-refractivity contribution in [2.75, 3.05) is 14.2 Å². The molecule has 2 aromatic rings. The highest BCUT2D eigenvalue weighted by Crippen LogP contribution is 2.16. The maximum Gasteiger partial charge on any atom is 0.338 e. The van der Waals surface area contributed by atoms with Gasteiger partial charge in [0.2, 0.25) is 0 Å². The molecule has 7 nitrogen and oxygen atoms in total. The van der Waals surface area contributed by atoms with Crippen LogP contribution in [0.1, 0.15) is 21.5 Å². The first-order valence-electron chi connectivity index (χ1n) is 7.17. The zero-order chi connectivity index (χ0) is 18.4. The van der Waals surface area contributed by atoms with Gasteiger partial charge < -0.3 is 4.74 Å². The predicted octanol–water partition coefficient (Wildman–Crippen LogP) is 2.10. The van der Waals surface area contributed by atoms with Gasteiger partial charge in [-0.2, -0.15) is 5.26 Å². The monoisotopic (exact) mass is 360 g/mol. The lowest BCUT2D eigenvalue weighted by Crippen LogP contribution is -2.25. The topological polar surface area (TPSA) is 96.7 Å². The summed E-state index contributed by atoms with van der Waals surface area (Å²) < 4.78 is 30.0. The van der Waals surface area contributed by atoms with Crippen LogP contribution in [0.15, 0.2) is 53.4 Å². The van der Waals surface area contributed by atoms with Crippen molar-refractivity contribution in [3.05, 3.63) is 65.2 Å². The van der Waals surface area contributed by atoms with Gasteiger partial charge in [-0.25, -0.2) is 13.2 Å². The Bertz CT molecular complexity index is 884. The zero-order valence-corrected chi connectivity index (χ0v) is 14.5. The second kappa shape index (κ2) is 7.90. The molecule has 0 heterocycles. The lowest BCUT2D eigenvalue weighted by atomic mass is 10.1. The Kier molecular flexibility index (Phi) is 5.88.